The molecule has 1 aliphatic rings. The number of alkyl halides is 1. The van der Waals surface area contributed by atoms with Crippen LogP contribution in [0.15, 0.2) is 0 Å². The van der Waals surface area contributed by atoms with Gasteiger partial charge in [-0.05, 0) is 18.8 Å². The normalized spacial score (nSPS) is 22.6. The molecule has 0 aliphatic carbocycles. The molecule has 1 aliphatic heterocycles. The molecule has 0 spiro atoms. The summed E-state index contributed by atoms with van der Waals surface area (Å²) in [5.41, 5.74) is 0. The van der Waals surface area contributed by atoms with Crippen molar-refractivity contribution in [1.82, 2.24) is 4.72 Å². The highest BCUT2D eigenvalue weighted by molar-refractivity contribution is 7.89. The van der Waals surface area contributed by atoms with Gasteiger partial charge < -0.3 is 4.74 Å². The van der Waals surface area contributed by atoms with E-state index in [1.807, 2.05) is 0 Å². The Morgan fingerprint density at radius 3 is 2.56 bits per heavy atom. The maximum Gasteiger partial charge on any atom is 0.214 e. The molecule has 0 saturated carbocycles. The van der Waals surface area contributed by atoms with E-state index in [1.165, 1.54) is 0 Å². The average Bonchev–Trinajstić information content (AvgIpc) is 2.80. The Balaban J connectivity index is 2.36. The van der Waals surface area contributed by atoms with Crippen molar-refractivity contribution in [2.45, 2.75) is 51.0 Å². The van der Waals surface area contributed by atoms with E-state index in [2.05, 4.69) is 18.6 Å². The highest BCUT2D eigenvalue weighted by Gasteiger charge is 2.24. The third-order valence-electron chi connectivity index (χ3n) is 3.49. The molecule has 1 heterocycles. The Morgan fingerprint density at radius 2 is 2.06 bits per heavy atom. The minimum Gasteiger partial charge on any atom is -0.377 e. The van der Waals surface area contributed by atoms with Crippen molar-refractivity contribution in [2.24, 2.45) is 5.92 Å². The summed E-state index contributed by atoms with van der Waals surface area (Å²) < 4.78 is 31.6. The first-order chi connectivity index (χ1) is 8.48. The van der Waals surface area contributed by atoms with Crippen LogP contribution < -0.4 is 4.72 Å². The van der Waals surface area contributed by atoms with Gasteiger partial charge >= 0.3 is 0 Å². The molecular formula is C12H24ClNO3S. The number of hydrogen-bond donors (Lipinski definition) is 1. The van der Waals surface area contributed by atoms with Gasteiger partial charge in [0.2, 0.25) is 10.0 Å². The van der Waals surface area contributed by atoms with Crippen LogP contribution in [0, 0.1) is 5.92 Å². The van der Waals surface area contributed by atoms with Crippen molar-refractivity contribution in [3.8, 4) is 0 Å². The zero-order valence-corrected chi connectivity index (χ0v) is 12.8. The lowest BCUT2D eigenvalue weighted by molar-refractivity contribution is 0.127. The Hall–Kier alpha value is 0.160. The predicted molar refractivity (Wildman–Crippen MR) is 74.5 cm³/mol. The van der Waals surface area contributed by atoms with Gasteiger partial charge in [0.15, 0.2) is 0 Å². The number of sulfonamides is 1. The molecule has 4 nitrogen and oxygen atoms in total. The number of halogens is 1. The van der Waals surface area contributed by atoms with Gasteiger partial charge in [0.25, 0.3) is 0 Å². The average molecular weight is 298 g/mol. The van der Waals surface area contributed by atoms with Crippen molar-refractivity contribution in [2.75, 3.05) is 18.9 Å². The smallest absolute Gasteiger partial charge is 0.214 e. The number of nitrogens with one attached hydrogen (secondary N) is 1. The fraction of sp³-hybridized carbons (Fsp3) is 1.00. The van der Waals surface area contributed by atoms with Crippen LogP contribution >= 0.6 is 11.6 Å². The summed E-state index contributed by atoms with van der Waals surface area (Å²) in [5, 5.41) is -0.140. The molecule has 2 unspecified atom stereocenters. The minimum atomic E-state index is -3.27. The first kappa shape index (κ1) is 16.2. The Labute approximate surface area is 115 Å². The molecule has 0 radical (unpaired) electrons. The Kier molecular flexibility index (Phi) is 6.92. The fourth-order valence-corrected chi connectivity index (χ4v) is 4.08. The predicted octanol–water partition coefficient (Wildman–Crippen LogP) is 2.13. The molecule has 0 aromatic carbocycles. The minimum absolute atomic E-state index is 0.0551. The van der Waals surface area contributed by atoms with Crippen molar-refractivity contribution >= 4 is 21.6 Å². The van der Waals surface area contributed by atoms with Gasteiger partial charge in [0.1, 0.15) is 0 Å². The molecule has 0 aromatic heterocycles. The fourth-order valence-electron chi connectivity index (χ4n) is 2.25. The van der Waals surface area contributed by atoms with Gasteiger partial charge in [-0.3, -0.25) is 0 Å². The molecule has 1 rings (SSSR count). The van der Waals surface area contributed by atoms with Crippen LogP contribution in [0.3, 0.4) is 0 Å². The zero-order valence-electron chi connectivity index (χ0n) is 11.2. The van der Waals surface area contributed by atoms with E-state index >= 15 is 0 Å². The first-order valence-electron chi connectivity index (χ1n) is 6.71. The first-order valence-corrected chi connectivity index (χ1v) is 8.80. The van der Waals surface area contributed by atoms with E-state index in [0.29, 0.717) is 19.1 Å². The van der Waals surface area contributed by atoms with E-state index in [9.17, 15) is 8.42 Å². The lowest BCUT2D eigenvalue weighted by Gasteiger charge is -2.20. The van der Waals surface area contributed by atoms with Crippen LogP contribution in [-0.2, 0) is 14.8 Å². The second-order valence-corrected chi connectivity index (χ2v) is 7.27. The number of hydrogen-bond acceptors (Lipinski definition) is 3. The lowest BCUT2D eigenvalue weighted by Crippen LogP contribution is -2.37. The van der Waals surface area contributed by atoms with Gasteiger partial charge in [-0.1, -0.05) is 26.7 Å². The second kappa shape index (κ2) is 7.68. The van der Waals surface area contributed by atoms with Crippen molar-refractivity contribution in [3.05, 3.63) is 0 Å². The van der Waals surface area contributed by atoms with Gasteiger partial charge in [-0.25, -0.2) is 13.1 Å². The summed E-state index contributed by atoms with van der Waals surface area (Å²) >= 11 is 6.21. The van der Waals surface area contributed by atoms with Gasteiger partial charge in [-0.15, -0.1) is 11.6 Å². The topological polar surface area (TPSA) is 55.4 Å². The van der Waals surface area contributed by atoms with Crippen molar-refractivity contribution in [1.29, 1.82) is 0 Å². The second-order valence-electron chi connectivity index (χ2n) is 4.86. The molecule has 6 heteroatoms. The third kappa shape index (κ3) is 5.43. The van der Waals surface area contributed by atoms with Crippen LogP contribution in [0.5, 0.6) is 0 Å². The molecule has 2 atom stereocenters. The van der Waals surface area contributed by atoms with E-state index in [4.69, 9.17) is 16.3 Å². The Morgan fingerprint density at radius 1 is 1.39 bits per heavy atom. The third-order valence-corrected chi connectivity index (χ3v) is 5.42. The van der Waals surface area contributed by atoms with Crippen molar-refractivity contribution in [3.63, 3.8) is 0 Å². The quantitative estimate of drug-likeness (QED) is 0.698. The largest absolute Gasteiger partial charge is 0.377 e. The lowest BCUT2D eigenvalue weighted by atomic mass is 9.99. The van der Waals surface area contributed by atoms with E-state index in [-0.39, 0.29) is 17.2 Å². The van der Waals surface area contributed by atoms with E-state index in [1.54, 1.807) is 0 Å². The van der Waals surface area contributed by atoms with Gasteiger partial charge in [0, 0.05) is 18.5 Å². The van der Waals surface area contributed by atoms with Crippen LogP contribution in [0.25, 0.3) is 0 Å². The highest BCUT2D eigenvalue weighted by Crippen LogP contribution is 2.18. The molecule has 0 amide bonds. The summed E-state index contributed by atoms with van der Waals surface area (Å²) in [5.74, 6) is 0.414. The van der Waals surface area contributed by atoms with Gasteiger partial charge in [0.05, 0.1) is 11.9 Å². The van der Waals surface area contributed by atoms with Gasteiger partial charge in [-0.2, -0.15) is 0 Å². The maximum absolute atomic E-state index is 11.8. The van der Waals surface area contributed by atoms with E-state index < -0.39 is 10.0 Å². The molecule has 18 heavy (non-hydrogen) atoms. The Bertz CT molecular complexity index is 324. The highest BCUT2D eigenvalue weighted by atomic mass is 35.5. The molecule has 0 bridgehead atoms. The van der Waals surface area contributed by atoms with Crippen molar-refractivity contribution < 1.29 is 13.2 Å². The number of ether oxygens (including phenoxy) is 1. The molecular weight excluding hydrogens is 274 g/mol. The molecule has 1 fully saturated rings. The van der Waals surface area contributed by atoms with Crippen LogP contribution in [-0.4, -0.2) is 38.8 Å². The summed E-state index contributed by atoms with van der Waals surface area (Å²) in [7, 11) is -3.27. The summed E-state index contributed by atoms with van der Waals surface area (Å²) in [4.78, 5) is 0. The van der Waals surface area contributed by atoms with Crippen LogP contribution in [0.2, 0.25) is 0 Å². The van der Waals surface area contributed by atoms with Crippen LogP contribution in [0.1, 0.15) is 39.5 Å². The summed E-state index contributed by atoms with van der Waals surface area (Å²) in [6.07, 6.45) is 3.57. The monoisotopic (exact) mass is 297 g/mol. The zero-order chi connectivity index (χ0) is 13.6. The molecule has 1 saturated heterocycles. The van der Waals surface area contributed by atoms with E-state index in [0.717, 1.165) is 25.7 Å². The molecule has 1 N–H and O–H groups in total. The standard InChI is InChI=1S/C12H24ClNO3S/c1-3-10(4-2)12(13)8-14-18(15,16)9-11-6-5-7-17-11/h10-12,14H,3-9H2,1-2H3. The summed E-state index contributed by atoms with van der Waals surface area (Å²) in [6, 6.07) is 0. The molecule has 108 valence electrons. The summed E-state index contributed by atoms with van der Waals surface area (Å²) in [6.45, 7) is 5.13. The number of rotatable bonds is 8. The SMILES string of the molecule is CCC(CC)C(Cl)CNS(=O)(=O)CC1CCCO1. The molecule has 0 aromatic rings. The maximum atomic E-state index is 11.8. The van der Waals surface area contributed by atoms with Crippen LogP contribution in [0.4, 0.5) is 0 Å².